The van der Waals surface area contributed by atoms with Crippen LogP contribution in [-0.2, 0) is 6.54 Å². The van der Waals surface area contributed by atoms with Crippen LogP contribution in [0.15, 0.2) is 71.5 Å². The summed E-state index contributed by atoms with van der Waals surface area (Å²) in [5.74, 6) is 1.36. The number of aryl methyl sites for hydroxylation is 1. The number of carbonyl (C=O) groups excluding carboxylic acids is 1. The van der Waals surface area contributed by atoms with E-state index in [9.17, 15) is 9.59 Å². The van der Waals surface area contributed by atoms with Crippen LogP contribution in [0, 0.1) is 6.92 Å². The lowest BCUT2D eigenvalue weighted by molar-refractivity contribution is 0.0984. The molecule has 1 aromatic heterocycles. The number of methoxy groups -OCH3 is 3. The third-order valence-corrected chi connectivity index (χ3v) is 5.72. The number of ether oxygens (including phenoxy) is 3. The zero-order chi connectivity index (χ0) is 24.2. The summed E-state index contributed by atoms with van der Waals surface area (Å²) in [5.41, 5.74) is 2.99. The average molecular weight is 459 g/mol. The number of amides is 1. The molecule has 0 spiro atoms. The zero-order valence-electron chi connectivity index (χ0n) is 19.5. The molecular formula is C27H26N2O5. The maximum Gasteiger partial charge on any atom is 0.258 e. The van der Waals surface area contributed by atoms with E-state index in [0.717, 1.165) is 16.5 Å². The lowest BCUT2D eigenvalue weighted by Crippen LogP contribution is -2.33. The molecule has 3 aromatic carbocycles. The number of hydrogen-bond donors (Lipinski definition) is 1. The molecule has 0 saturated carbocycles. The fourth-order valence-electron chi connectivity index (χ4n) is 3.85. The molecule has 7 heteroatoms. The van der Waals surface area contributed by atoms with E-state index in [0.29, 0.717) is 34.1 Å². The minimum atomic E-state index is -0.300. The van der Waals surface area contributed by atoms with Crippen molar-refractivity contribution in [2.75, 3.05) is 26.2 Å². The summed E-state index contributed by atoms with van der Waals surface area (Å²) in [4.78, 5) is 31.2. The number of fused-ring (bicyclic) bond motifs is 1. The van der Waals surface area contributed by atoms with Gasteiger partial charge in [-0.1, -0.05) is 18.2 Å². The number of anilines is 1. The quantitative estimate of drug-likeness (QED) is 0.434. The highest BCUT2D eigenvalue weighted by atomic mass is 16.5. The first-order chi connectivity index (χ1) is 16.4. The van der Waals surface area contributed by atoms with Crippen LogP contribution in [0.3, 0.4) is 0 Å². The van der Waals surface area contributed by atoms with E-state index in [-0.39, 0.29) is 18.0 Å². The molecule has 4 rings (SSSR count). The van der Waals surface area contributed by atoms with Crippen LogP contribution in [0.25, 0.3) is 10.9 Å². The first-order valence-corrected chi connectivity index (χ1v) is 10.7. The van der Waals surface area contributed by atoms with Crippen LogP contribution in [-0.4, -0.2) is 32.2 Å². The molecule has 1 N–H and O–H groups in total. The number of aromatic amines is 1. The van der Waals surface area contributed by atoms with Crippen molar-refractivity contribution in [1.29, 1.82) is 0 Å². The molecule has 174 valence electrons. The summed E-state index contributed by atoms with van der Waals surface area (Å²) < 4.78 is 15.9. The van der Waals surface area contributed by atoms with Gasteiger partial charge in [-0.25, -0.2) is 0 Å². The van der Waals surface area contributed by atoms with Crippen molar-refractivity contribution < 1.29 is 19.0 Å². The number of nitrogens with one attached hydrogen (secondary N) is 1. The highest BCUT2D eigenvalue weighted by Gasteiger charge is 2.22. The third kappa shape index (κ3) is 4.59. The molecule has 0 saturated heterocycles. The highest BCUT2D eigenvalue weighted by molar-refractivity contribution is 6.06. The van der Waals surface area contributed by atoms with Crippen molar-refractivity contribution in [2.45, 2.75) is 13.5 Å². The van der Waals surface area contributed by atoms with Gasteiger partial charge in [0.25, 0.3) is 11.5 Å². The molecule has 34 heavy (non-hydrogen) atoms. The lowest BCUT2D eigenvalue weighted by atomic mass is 10.1. The molecule has 0 atom stereocenters. The number of H-pyrrole nitrogens is 1. The monoisotopic (exact) mass is 458 g/mol. The SMILES string of the molecule is COc1ccc(N(Cc2cc3cccc(C)c3[nH]c2=O)C(=O)c2cc(OC)cc(OC)c2)cc1. The van der Waals surface area contributed by atoms with Crippen molar-refractivity contribution in [3.05, 3.63) is 93.8 Å². The maximum atomic E-state index is 13.7. The first-order valence-electron chi connectivity index (χ1n) is 10.7. The second-order valence-corrected chi connectivity index (χ2v) is 7.85. The zero-order valence-corrected chi connectivity index (χ0v) is 19.5. The van der Waals surface area contributed by atoms with Crippen LogP contribution >= 0.6 is 0 Å². The van der Waals surface area contributed by atoms with Gasteiger partial charge >= 0.3 is 0 Å². The second kappa shape index (κ2) is 9.70. The number of rotatable bonds is 7. The summed E-state index contributed by atoms with van der Waals surface area (Å²) >= 11 is 0. The fourth-order valence-corrected chi connectivity index (χ4v) is 3.85. The predicted molar refractivity (Wildman–Crippen MR) is 132 cm³/mol. The Bertz CT molecular complexity index is 1370. The van der Waals surface area contributed by atoms with Crippen LogP contribution < -0.4 is 24.7 Å². The van der Waals surface area contributed by atoms with Gasteiger partial charge in [0.2, 0.25) is 0 Å². The Balaban J connectivity index is 1.80. The van der Waals surface area contributed by atoms with E-state index in [2.05, 4.69) is 4.98 Å². The lowest BCUT2D eigenvalue weighted by Gasteiger charge is -2.24. The van der Waals surface area contributed by atoms with Gasteiger partial charge in [0.15, 0.2) is 0 Å². The Labute approximate surface area is 197 Å². The third-order valence-electron chi connectivity index (χ3n) is 5.72. The van der Waals surface area contributed by atoms with Gasteiger partial charge in [0.1, 0.15) is 17.2 Å². The molecule has 0 aliphatic carbocycles. The molecular weight excluding hydrogens is 432 g/mol. The predicted octanol–water partition coefficient (Wildman–Crippen LogP) is 4.71. The Morgan fingerprint density at radius 2 is 1.50 bits per heavy atom. The molecule has 4 aromatic rings. The number of para-hydroxylation sites is 1. The van der Waals surface area contributed by atoms with E-state index < -0.39 is 0 Å². The van der Waals surface area contributed by atoms with Crippen LogP contribution in [0.1, 0.15) is 21.5 Å². The van der Waals surface area contributed by atoms with Crippen molar-refractivity contribution in [3.8, 4) is 17.2 Å². The van der Waals surface area contributed by atoms with Crippen LogP contribution in [0.4, 0.5) is 5.69 Å². The van der Waals surface area contributed by atoms with Crippen molar-refractivity contribution in [3.63, 3.8) is 0 Å². The summed E-state index contributed by atoms with van der Waals surface area (Å²) in [7, 11) is 4.64. The van der Waals surface area contributed by atoms with Gasteiger partial charge in [-0.05, 0) is 60.3 Å². The van der Waals surface area contributed by atoms with Gasteiger partial charge in [-0.15, -0.1) is 0 Å². The van der Waals surface area contributed by atoms with E-state index >= 15 is 0 Å². The van der Waals surface area contributed by atoms with Crippen molar-refractivity contribution >= 4 is 22.5 Å². The fraction of sp³-hybridized carbons (Fsp3) is 0.185. The van der Waals surface area contributed by atoms with E-state index in [1.165, 1.54) is 14.2 Å². The van der Waals surface area contributed by atoms with Gasteiger partial charge in [-0.2, -0.15) is 0 Å². The maximum absolute atomic E-state index is 13.7. The molecule has 0 bridgehead atoms. The number of pyridine rings is 1. The summed E-state index contributed by atoms with van der Waals surface area (Å²) in [6, 6.07) is 19.8. The standard InChI is InChI=1S/C27H26N2O5/c1-17-6-5-7-18-12-20(26(30)28-25(17)18)16-29(21-8-10-22(32-2)11-9-21)27(31)19-13-23(33-3)15-24(14-19)34-4/h5-15H,16H2,1-4H3,(H,28,30). The van der Waals surface area contributed by atoms with Gasteiger partial charge < -0.3 is 24.1 Å². The molecule has 7 nitrogen and oxygen atoms in total. The molecule has 0 unspecified atom stereocenters. The van der Waals surface area contributed by atoms with E-state index in [1.54, 1.807) is 54.5 Å². The highest BCUT2D eigenvalue weighted by Crippen LogP contribution is 2.27. The average Bonchev–Trinajstić information content (AvgIpc) is 2.87. The topological polar surface area (TPSA) is 80.9 Å². The number of nitrogens with zero attached hydrogens (tertiary/aromatic N) is 1. The minimum absolute atomic E-state index is 0.0733. The number of carbonyl (C=O) groups is 1. The molecule has 1 amide bonds. The summed E-state index contributed by atoms with van der Waals surface area (Å²) in [6.45, 7) is 2.02. The molecule has 0 aliphatic heterocycles. The van der Waals surface area contributed by atoms with Gasteiger partial charge in [0.05, 0.1) is 33.4 Å². The minimum Gasteiger partial charge on any atom is -0.497 e. The Morgan fingerprint density at radius 1 is 0.853 bits per heavy atom. The normalized spacial score (nSPS) is 10.7. The van der Waals surface area contributed by atoms with Gasteiger partial charge in [-0.3, -0.25) is 9.59 Å². The Kier molecular flexibility index (Phi) is 6.54. The molecule has 0 fully saturated rings. The number of hydrogen-bond acceptors (Lipinski definition) is 5. The van der Waals surface area contributed by atoms with Crippen molar-refractivity contribution in [2.24, 2.45) is 0 Å². The second-order valence-electron chi connectivity index (χ2n) is 7.85. The Hall–Kier alpha value is -4.26. The molecule has 0 radical (unpaired) electrons. The van der Waals surface area contributed by atoms with Gasteiger partial charge in [0, 0.05) is 22.9 Å². The van der Waals surface area contributed by atoms with E-state index in [1.807, 2.05) is 31.2 Å². The summed E-state index contributed by atoms with van der Waals surface area (Å²) in [6.07, 6.45) is 0. The van der Waals surface area contributed by atoms with E-state index in [4.69, 9.17) is 14.2 Å². The van der Waals surface area contributed by atoms with Crippen LogP contribution in [0.5, 0.6) is 17.2 Å². The largest absolute Gasteiger partial charge is 0.497 e. The van der Waals surface area contributed by atoms with Crippen LogP contribution in [0.2, 0.25) is 0 Å². The molecule has 1 heterocycles. The van der Waals surface area contributed by atoms with Crippen molar-refractivity contribution in [1.82, 2.24) is 4.98 Å². The Morgan fingerprint density at radius 3 is 2.12 bits per heavy atom. The number of benzene rings is 3. The smallest absolute Gasteiger partial charge is 0.258 e. The first kappa shape index (κ1) is 22.9. The molecule has 0 aliphatic rings. The summed E-state index contributed by atoms with van der Waals surface area (Å²) in [5, 5.41) is 0.903. The number of aromatic nitrogens is 1.